The first-order chi connectivity index (χ1) is 18.6. The molecule has 0 heterocycles. The van der Waals surface area contributed by atoms with Gasteiger partial charge in [0.05, 0.1) is 0 Å². The van der Waals surface area contributed by atoms with Crippen LogP contribution in [0, 0.1) is 0 Å². The fraction of sp³-hybridized carbons (Fsp3) is 0.379. The van der Waals surface area contributed by atoms with Crippen LogP contribution in [0.25, 0.3) is 0 Å². The van der Waals surface area contributed by atoms with E-state index in [2.05, 4.69) is 83.3 Å². The molecule has 0 aliphatic rings. The maximum atomic E-state index is 11.4. The Kier molecular flexibility index (Phi) is 12.7. The standard InChI is InChI=1S/C29H44O7Si4/c1-10-28(30)32-20-24-14-12-16-26(18-24)22-38(4,5)34-37(3)35-40(8,9)36-39(6,7)23-27-17-13-15-25(19-27)21-33-29(31)11-2/h10-19,37H,1-2,20-23H2,3-9H3. The molecule has 0 bridgehead atoms. The van der Waals surface area contributed by atoms with E-state index < -0.39 is 46.4 Å². The lowest BCUT2D eigenvalue weighted by atomic mass is 10.1. The van der Waals surface area contributed by atoms with Gasteiger partial charge in [-0.2, -0.15) is 0 Å². The van der Waals surface area contributed by atoms with Crippen molar-refractivity contribution < 1.29 is 31.4 Å². The number of carbonyl (C=O) groups excluding carboxylic acids is 2. The molecule has 1 atom stereocenters. The monoisotopic (exact) mass is 616 g/mol. The van der Waals surface area contributed by atoms with Crippen molar-refractivity contribution in [2.24, 2.45) is 0 Å². The molecule has 2 aromatic carbocycles. The zero-order chi connectivity index (χ0) is 30.0. The molecule has 0 radical (unpaired) electrons. The van der Waals surface area contributed by atoms with Crippen LogP contribution in [0.3, 0.4) is 0 Å². The summed E-state index contributed by atoms with van der Waals surface area (Å²) in [6.45, 7) is 22.4. The van der Waals surface area contributed by atoms with Crippen molar-refractivity contribution in [3.63, 3.8) is 0 Å². The van der Waals surface area contributed by atoms with Gasteiger partial charge in [0.2, 0.25) is 0 Å². The molecule has 218 valence electrons. The lowest BCUT2D eigenvalue weighted by Gasteiger charge is -2.37. The molecule has 2 aromatic rings. The van der Waals surface area contributed by atoms with Gasteiger partial charge in [-0.05, 0) is 80.2 Å². The van der Waals surface area contributed by atoms with Crippen molar-refractivity contribution in [3.8, 4) is 0 Å². The first-order valence-electron chi connectivity index (χ1n) is 13.4. The van der Waals surface area contributed by atoms with Gasteiger partial charge >= 0.3 is 20.5 Å². The first kappa shape index (κ1) is 33.8. The molecular formula is C29H44O7Si4. The smallest absolute Gasteiger partial charge is 0.330 e. The summed E-state index contributed by atoms with van der Waals surface area (Å²) in [5, 5.41) is 0. The number of hydrogen-bond donors (Lipinski definition) is 0. The van der Waals surface area contributed by atoms with Gasteiger partial charge in [0.25, 0.3) is 9.28 Å². The summed E-state index contributed by atoms with van der Waals surface area (Å²) in [7, 11) is -8.60. The number of benzene rings is 2. The topological polar surface area (TPSA) is 80.3 Å². The molecule has 0 saturated carbocycles. The highest BCUT2D eigenvalue weighted by molar-refractivity contribution is 6.85. The molecule has 2 rings (SSSR count). The molecule has 0 saturated heterocycles. The van der Waals surface area contributed by atoms with Gasteiger partial charge in [-0.3, -0.25) is 0 Å². The second-order valence-corrected chi connectivity index (χ2v) is 25.8. The molecule has 0 N–H and O–H groups in total. The quantitative estimate of drug-likeness (QED) is 0.130. The summed E-state index contributed by atoms with van der Waals surface area (Å²) >= 11 is 0. The Morgan fingerprint density at radius 3 is 1.60 bits per heavy atom. The molecular weight excluding hydrogens is 573 g/mol. The van der Waals surface area contributed by atoms with Crippen molar-refractivity contribution in [1.82, 2.24) is 0 Å². The van der Waals surface area contributed by atoms with E-state index in [0.717, 1.165) is 34.3 Å². The predicted octanol–water partition coefficient (Wildman–Crippen LogP) is 6.02. The number of ether oxygens (including phenoxy) is 2. The summed E-state index contributed by atoms with van der Waals surface area (Å²) in [6.07, 6.45) is 2.34. The van der Waals surface area contributed by atoms with E-state index in [1.165, 1.54) is 12.2 Å². The van der Waals surface area contributed by atoms with Crippen LogP contribution in [0.5, 0.6) is 0 Å². The Balaban J connectivity index is 1.94. The molecule has 0 fully saturated rings. The van der Waals surface area contributed by atoms with Crippen LogP contribution in [-0.4, -0.2) is 46.4 Å². The first-order valence-corrected chi connectivity index (χ1v) is 24.6. The lowest BCUT2D eigenvalue weighted by molar-refractivity contribution is -0.139. The Bertz CT molecular complexity index is 1180. The summed E-state index contributed by atoms with van der Waals surface area (Å²) in [5.74, 6) is -0.860. The summed E-state index contributed by atoms with van der Waals surface area (Å²) < 4.78 is 30.3. The fourth-order valence-corrected chi connectivity index (χ4v) is 21.1. The van der Waals surface area contributed by atoms with Crippen molar-refractivity contribution in [2.75, 3.05) is 0 Å². The van der Waals surface area contributed by atoms with E-state index in [0.29, 0.717) is 0 Å². The van der Waals surface area contributed by atoms with Crippen LogP contribution in [0.2, 0.25) is 45.8 Å². The number of carbonyl (C=O) groups is 2. The van der Waals surface area contributed by atoms with Crippen LogP contribution in [0.4, 0.5) is 0 Å². The highest BCUT2D eigenvalue weighted by Crippen LogP contribution is 2.23. The molecule has 11 heteroatoms. The summed E-state index contributed by atoms with van der Waals surface area (Å²) in [5.41, 5.74) is 4.20. The maximum absolute atomic E-state index is 11.4. The third-order valence-corrected chi connectivity index (χ3v) is 20.0. The lowest BCUT2D eigenvalue weighted by Crippen LogP contribution is -2.52. The molecule has 0 aliphatic heterocycles. The zero-order valence-corrected chi connectivity index (χ0v) is 29.1. The molecule has 0 aliphatic carbocycles. The van der Waals surface area contributed by atoms with E-state index >= 15 is 0 Å². The van der Waals surface area contributed by atoms with Crippen LogP contribution in [-0.2, 0) is 56.7 Å². The predicted molar refractivity (Wildman–Crippen MR) is 169 cm³/mol. The third-order valence-electron chi connectivity index (χ3n) is 5.79. The van der Waals surface area contributed by atoms with Gasteiger partial charge in [-0.25, -0.2) is 9.59 Å². The molecule has 0 aromatic heterocycles. The fourth-order valence-electron chi connectivity index (χ4n) is 4.71. The molecule has 40 heavy (non-hydrogen) atoms. The van der Waals surface area contributed by atoms with Gasteiger partial charge < -0.3 is 21.8 Å². The van der Waals surface area contributed by atoms with Crippen LogP contribution >= 0.6 is 0 Å². The molecule has 7 nitrogen and oxygen atoms in total. The average molecular weight is 617 g/mol. The van der Waals surface area contributed by atoms with E-state index in [1.54, 1.807) is 0 Å². The van der Waals surface area contributed by atoms with E-state index in [9.17, 15) is 9.59 Å². The Morgan fingerprint density at radius 2 is 1.15 bits per heavy atom. The van der Waals surface area contributed by atoms with E-state index in [1.807, 2.05) is 24.3 Å². The van der Waals surface area contributed by atoms with Gasteiger partial charge in [0.1, 0.15) is 13.2 Å². The average Bonchev–Trinajstić information content (AvgIpc) is 2.83. The van der Waals surface area contributed by atoms with E-state index in [-0.39, 0.29) is 13.2 Å². The van der Waals surface area contributed by atoms with E-state index in [4.69, 9.17) is 21.8 Å². The largest absolute Gasteiger partial charge is 0.458 e. The SMILES string of the molecule is C=CC(=O)OCc1cccc(C[Si](C)(C)O[SiH](C)O[Si](C)(C)O[Si](C)(C)Cc2cccc(COC(=O)C=C)c2)c1. The number of rotatable bonds is 16. The number of esters is 2. The van der Waals surface area contributed by atoms with Crippen molar-refractivity contribution in [2.45, 2.75) is 71.1 Å². The second-order valence-electron chi connectivity index (χ2n) is 11.4. The minimum absolute atomic E-state index is 0.220. The Morgan fingerprint density at radius 1 is 0.725 bits per heavy atom. The minimum Gasteiger partial charge on any atom is -0.458 e. The summed E-state index contributed by atoms with van der Waals surface area (Å²) in [6, 6.07) is 17.8. The van der Waals surface area contributed by atoms with Crippen molar-refractivity contribution in [3.05, 3.63) is 96.1 Å². The van der Waals surface area contributed by atoms with Crippen molar-refractivity contribution in [1.29, 1.82) is 0 Å². The minimum atomic E-state index is -2.45. The van der Waals surface area contributed by atoms with Crippen LogP contribution in [0.1, 0.15) is 22.3 Å². The van der Waals surface area contributed by atoms with Crippen LogP contribution < -0.4 is 0 Å². The van der Waals surface area contributed by atoms with Gasteiger partial charge in [0, 0.05) is 12.2 Å². The third kappa shape index (κ3) is 12.9. The second kappa shape index (κ2) is 15.0. The Labute approximate surface area is 244 Å². The molecule has 0 spiro atoms. The zero-order valence-electron chi connectivity index (χ0n) is 25.0. The normalized spacial score (nSPS) is 12.9. The van der Waals surface area contributed by atoms with Gasteiger partial charge in [-0.1, -0.05) is 61.7 Å². The van der Waals surface area contributed by atoms with Gasteiger partial charge in [-0.15, -0.1) is 0 Å². The van der Waals surface area contributed by atoms with Crippen molar-refractivity contribution >= 4 is 46.4 Å². The number of hydrogen-bond acceptors (Lipinski definition) is 7. The van der Waals surface area contributed by atoms with Crippen LogP contribution in [0.15, 0.2) is 73.8 Å². The molecule has 0 amide bonds. The highest BCUT2D eigenvalue weighted by Gasteiger charge is 2.38. The molecule has 1 unspecified atom stereocenters. The Hall–Kier alpha value is -2.39. The maximum Gasteiger partial charge on any atom is 0.330 e. The highest BCUT2D eigenvalue weighted by atomic mass is 28.5. The summed E-state index contributed by atoms with van der Waals surface area (Å²) in [4.78, 5) is 22.8. The van der Waals surface area contributed by atoms with Gasteiger partial charge in [0.15, 0.2) is 16.6 Å².